The van der Waals surface area contributed by atoms with Gasteiger partial charge < -0.3 is 21.3 Å². The monoisotopic (exact) mass is 384 g/mol. The summed E-state index contributed by atoms with van der Waals surface area (Å²) in [5.74, 6) is -0.377. The standard InChI is InChI=1S/C16H32N4O2.2ClH/c1-12(2)15(17)16(22)19-11-14(21)18-9-10-20(3)13-7-5-4-6-8-13;;/h12-13,15H,4-11,17H2,1-3H3,(H,18,21)(H,19,22);2*1H/t15-;;/m0../s1. The number of carbonyl (C=O) groups is 2. The van der Waals surface area contributed by atoms with Gasteiger partial charge in [0.25, 0.3) is 0 Å². The van der Waals surface area contributed by atoms with Crippen molar-refractivity contribution in [1.29, 1.82) is 0 Å². The van der Waals surface area contributed by atoms with Gasteiger partial charge in [-0.3, -0.25) is 9.59 Å². The van der Waals surface area contributed by atoms with Crippen molar-refractivity contribution in [3.8, 4) is 0 Å². The molecule has 0 saturated heterocycles. The molecule has 6 nitrogen and oxygen atoms in total. The smallest absolute Gasteiger partial charge is 0.239 e. The van der Waals surface area contributed by atoms with Crippen LogP contribution >= 0.6 is 24.8 Å². The van der Waals surface area contributed by atoms with Gasteiger partial charge in [0.05, 0.1) is 12.6 Å². The Labute approximate surface area is 158 Å². The third-order valence-electron chi connectivity index (χ3n) is 4.43. The first-order chi connectivity index (χ1) is 10.4. The molecule has 0 aromatic rings. The van der Waals surface area contributed by atoms with E-state index in [4.69, 9.17) is 5.73 Å². The molecule has 24 heavy (non-hydrogen) atoms. The van der Waals surface area contributed by atoms with Gasteiger partial charge >= 0.3 is 0 Å². The van der Waals surface area contributed by atoms with Gasteiger partial charge in [-0.05, 0) is 25.8 Å². The molecular weight excluding hydrogens is 351 g/mol. The van der Waals surface area contributed by atoms with E-state index in [0.717, 1.165) is 6.54 Å². The van der Waals surface area contributed by atoms with Crippen LogP contribution in [0.2, 0.25) is 0 Å². The van der Waals surface area contributed by atoms with E-state index in [9.17, 15) is 9.59 Å². The molecule has 0 heterocycles. The Hall–Kier alpha value is -0.560. The minimum Gasteiger partial charge on any atom is -0.353 e. The topological polar surface area (TPSA) is 87.5 Å². The lowest BCUT2D eigenvalue weighted by molar-refractivity contribution is -0.127. The molecule has 1 atom stereocenters. The number of halogens is 2. The zero-order valence-electron chi connectivity index (χ0n) is 15.0. The predicted molar refractivity (Wildman–Crippen MR) is 103 cm³/mol. The van der Waals surface area contributed by atoms with Crippen molar-refractivity contribution in [2.24, 2.45) is 11.7 Å². The first-order valence-corrected chi connectivity index (χ1v) is 8.42. The SMILES string of the molecule is CC(C)[C@H](N)C(=O)NCC(=O)NCCN(C)C1CCCCC1.Cl.Cl. The van der Waals surface area contributed by atoms with Crippen molar-refractivity contribution in [2.45, 2.75) is 58.0 Å². The Morgan fingerprint density at radius 3 is 2.25 bits per heavy atom. The van der Waals surface area contributed by atoms with E-state index in [1.165, 1.54) is 32.1 Å². The average molecular weight is 385 g/mol. The maximum atomic E-state index is 11.7. The fourth-order valence-corrected chi connectivity index (χ4v) is 2.73. The molecule has 1 aliphatic carbocycles. The molecule has 2 amide bonds. The van der Waals surface area contributed by atoms with Gasteiger partial charge in [-0.1, -0.05) is 33.1 Å². The van der Waals surface area contributed by atoms with Crippen LogP contribution in [0.3, 0.4) is 0 Å². The fourth-order valence-electron chi connectivity index (χ4n) is 2.73. The largest absolute Gasteiger partial charge is 0.353 e. The highest BCUT2D eigenvalue weighted by molar-refractivity contribution is 5.87. The Morgan fingerprint density at radius 1 is 1.12 bits per heavy atom. The van der Waals surface area contributed by atoms with Crippen molar-refractivity contribution in [3.05, 3.63) is 0 Å². The second kappa shape index (κ2) is 13.7. The van der Waals surface area contributed by atoms with Gasteiger partial charge in [0.15, 0.2) is 0 Å². The highest BCUT2D eigenvalue weighted by atomic mass is 35.5. The summed E-state index contributed by atoms with van der Waals surface area (Å²) in [5, 5.41) is 5.42. The second-order valence-electron chi connectivity index (χ2n) is 6.61. The normalized spacial score (nSPS) is 16.1. The van der Waals surface area contributed by atoms with Crippen LogP contribution in [0.25, 0.3) is 0 Å². The third kappa shape index (κ3) is 9.67. The molecule has 1 fully saturated rings. The molecule has 0 bridgehead atoms. The van der Waals surface area contributed by atoms with Gasteiger partial charge in [0.2, 0.25) is 11.8 Å². The average Bonchev–Trinajstić information content (AvgIpc) is 2.52. The summed E-state index contributed by atoms with van der Waals surface area (Å²) in [6.07, 6.45) is 6.48. The van der Waals surface area contributed by atoms with Crippen molar-refractivity contribution in [2.75, 3.05) is 26.7 Å². The molecule has 0 aromatic heterocycles. The minimum atomic E-state index is -0.565. The molecule has 0 spiro atoms. The summed E-state index contributed by atoms with van der Waals surface area (Å²) >= 11 is 0. The zero-order valence-corrected chi connectivity index (χ0v) is 16.7. The lowest BCUT2D eigenvalue weighted by Crippen LogP contribution is -2.48. The van der Waals surface area contributed by atoms with Gasteiger partial charge in [-0.2, -0.15) is 0 Å². The van der Waals surface area contributed by atoms with Crippen LogP contribution in [0, 0.1) is 5.92 Å². The number of rotatable bonds is 8. The maximum absolute atomic E-state index is 11.7. The molecule has 0 radical (unpaired) electrons. The number of amides is 2. The molecule has 1 rings (SSSR count). The van der Waals surface area contributed by atoms with Crippen molar-refractivity contribution < 1.29 is 9.59 Å². The number of nitrogens with two attached hydrogens (primary N) is 1. The summed E-state index contributed by atoms with van der Waals surface area (Å²) in [7, 11) is 2.12. The summed E-state index contributed by atoms with van der Waals surface area (Å²) in [6.45, 7) is 5.21. The first kappa shape index (κ1) is 25.7. The Balaban J connectivity index is 0. The summed E-state index contributed by atoms with van der Waals surface area (Å²) in [5.41, 5.74) is 5.72. The minimum absolute atomic E-state index is 0. The van der Waals surface area contributed by atoms with Crippen LogP contribution in [-0.2, 0) is 9.59 Å². The lowest BCUT2D eigenvalue weighted by atomic mass is 9.94. The molecular formula is C16H34Cl2N4O2. The summed E-state index contributed by atoms with van der Waals surface area (Å²) in [6, 6.07) is 0.0830. The Kier molecular flexibility index (Phi) is 14.7. The van der Waals surface area contributed by atoms with Crippen LogP contribution in [0.1, 0.15) is 46.0 Å². The molecule has 8 heteroatoms. The number of likely N-dealkylation sites (N-methyl/N-ethyl adjacent to an activating group) is 1. The number of nitrogens with zero attached hydrogens (tertiary/aromatic N) is 1. The van der Waals surface area contributed by atoms with Crippen molar-refractivity contribution in [1.82, 2.24) is 15.5 Å². The van der Waals surface area contributed by atoms with Crippen LogP contribution < -0.4 is 16.4 Å². The van der Waals surface area contributed by atoms with Gasteiger partial charge in [-0.25, -0.2) is 0 Å². The quantitative estimate of drug-likeness (QED) is 0.588. The zero-order chi connectivity index (χ0) is 16.5. The highest BCUT2D eigenvalue weighted by Gasteiger charge is 2.19. The molecule has 0 unspecified atom stereocenters. The summed E-state index contributed by atoms with van der Waals surface area (Å²) < 4.78 is 0. The first-order valence-electron chi connectivity index (χ1n) is 8.42. The molecule has 0 aromatic carbocycles. The van der Waals surface area contributed by atoms with E-state index in [1.807, 2.05) is 13.8 Å². The van der Waals surface area contributed by atoms with E-state index in [1.54, 1.807) is 0 Å². The van der Waals surface area contributed by atoms with E-state index in [0.29, 0.717) is 12.6 Å². The van der Waals surface area contributed by atoms with Gasteiger partial charge in [-0.15, -0.1) is 24.8 Å². The van der Waals surface area contributed by atoms with E-state index in [2.05, 4.69) is 22.6 Å². The van der Waals surface area contributed by atoms with Crippen LogP contribution in [0.5, 0.6) is 0 Å². The van der Waals surface area contributed by atoms with Gasteiger partial charge in [0.1, 0.15) is 0 Å². The van der Waals surface area contributed by atoms with E-state index in [-0.39, 0.29) is 49.1 Å². The molecule has 1 aliphatic rings. The molecule has 1 saturated carbocycles. The molecule has 144 valence electrons. The molecule has 4 N–H and O–H groups in total. The molecule has 0 aliphatic heterocycles. The number of nitrogens with one attached hydrogen (secondary N) is 2. The lowest BCUT2D eigenvalue weighted by Gasteiger charge is -2.31. The highest BCUT2D eigenvalue weighted by Crippen LogP contribution is 2.21. The van der Waals surface area contributed by atoms with E-state index >= 15 is 0 Å². The van der Waals surface area contributed by atoms with Crippen LogP contribution in [-0.4, -0.2) is 55.5 Å². The van der Waals surface area contributed by atoms with Gasteiger partial charge in [0, 0.05) is 19.1 Å². The maximum Gasteiger partial charge on any atom is 0.239 e. The summed E-state index contributed by atoms with van der Waals surface area (Å²) in [4.78, 5) is 25.7. The predicted octanol–water partition coefficient (Wildman–Crippen LogP) is 1.31. The number of carbonyl (C=O) groups excluding carboxylic acids is 2. The Bertz CT molecular complexity index is 364. The van der Waals surface area contributed by atoms with E-state index < -0.39 is 6.04 Å². The number of hydrogen-bond donors (Lipinski definition) is 3. The second-order valence-corrected chi connectivity index (χ2v) is 6.61. The van der Waals surface area contributed by atoms with Crippen molar-refractivity contribution >= 4 is 36.6 Å². The Morgan fingerprint density at radius 2 is 1.71 bits per heavy atom. The van der Waals surface area contributed by atoms with Crippen LogP contribution in [0.15, 0.2) is 0 Å². The van der Waals surface area contributed by atoms with Crippen molar-refractivity contribution in [3.63, 3.8) is 0 Å². The van der Waals surface area contributed by atoms with Crippen LogP contribution in [0.4, 0.5) is 0 Å². The number of hydrogen-bond acceptors (Lipinski definition) is 4. The third-order valence-corrected chi connectivity index (χ3v) is 4.43. The fraction of sp³-hybridized carbons (Fsp3) is 0.875.